The van der Waals surface area contributed by atoms with Crippen molar-refractivity contribution in [3.63, 3.8) is 0 Å². The van der Waals surface area contributed by atoms with Crippen LogP contribution in [0.2, 0.25) is 0 Å². The molecule has 0 fully saturated rings. The van der Waals surface area contributed by atoms with Crippen molar-refractivity contribution in [1.29, 1.82) is 0 Å². The smallest absolute Gasteiger partial charge is 0.343 e. The molecule has 0 aliphatic heterocycles. The summed E-state index contributed by atoms with van der Waals surface area (Å²) in [5.74, 6) is 0.377. The third-order valence-electron chi connectivity index (χ3n) is 5.38. The monoisotopic (exact) mass is 505 g/mol. The fraction of sp³-hybridized carbons (Fsp3) is 0.276. The molecule has 0 aromatic heterocycles. The second kappa shape index (κ2) is 14.4. The summed E-state index contributed by atoms with van der Waals surface area (Å²) >= 11 is 0. The molecular weight excluding hydrogens is 474 g/mol. The lowest BCUT2D eigenvalue weighted by atomic mass is 10.1. The Bertz CT molecular complexity index is 1160. The Morgan fingerprint density at radius 1 is 0.865 bits per heavy atom. The molecule has 0 saturated heterocycles. The molecule has 1 atom stereocenters. The average molecular weight is 506 g/mol. The average Bonchev–Trinajstić information content (AvgIpc) is 2.93. The summed E-state index contributed by atoms with van der Waals surface area (Å²) in [6, 6.07) is 20.1. The molecule has 0 spiro atoms. The highest BCUT2D eigenvalue weighted by Crippen LogP contribution is 2.19. The Morgan fingerprint density at radius 3 is 2.19 bits per heavy atom. The molecule has 1 N–H and O–H groups in total. The van der Waals surface area contributed by atoms with E-state index >= 15 is 0 Å². The van der Waals surface area contributed by atoms with Gasteiger partial charge in [0.15, 0.2) is 0 Å². The number of esters is 2. The molecule has 0 heterocycles. The fourth-order valence-corrected chi connectivity index (χ4v) is 2.99. The minimum Gasteiger partial charge on any atom is -0.508 e. The number of aliphatic imine (C=N–C) groups is 1. The summed E-state index contributed by atoms with van der Waals surface area (Å²) in [6.07, 6.45) is 2.48. The van der Waals surface area contributed by atoms with Crippen molar-refractivity contribution in [3.8, 4) is 17.2 Å². The number of hydrogen-bond donors (Lipinski definition) is 1. The third-order valence-corrected chi connectivity index (χ3v) is 5.38. The first-order valence-corrected chi connectivity index (χ1v) is 12.1. The maximum absolute atomic E-state index is 12.3. The van der Waals surface area contributed by atoms with E-state index < -0.39 is 5.97 Å². The maximum atomic E-state index is 12.3. The Labute approximate surface area is 216 Å². The standard InChI is InChI=1S/C29H31NO7/c1-3-21(2)28(32)36-19-17-34-16-18-35-26-12-4-22(5-13-26)20-30-24-8-6-23(7-9-24)29(33)37-27-14-10-25(31)11-15-27/h4-15,20-21,31H,3,16-19H2,1-2H3/b30-20+. The van der Waals surface area contributed by atoms with Gasteiger partial charge in [-0.1, -0.05) is 13.8 Å². The van der Waals surface area contributed by atoms with Crippen molar-refractivity contribution >= 4 is 23.8 Å². The quantitative estimate of drug-likeness (QED) is 0.145. The van der Waals surface area contributed by atoms with Gasteiger partial charge in [-0.2, -0.15) is 0 Å². The topological polar surface area (TPSA) is 104 Å². The molecule has 0 amide bonds. The minimum atomic E-state index is -0.493. The van der Waals surface area contributed by atoms with E-state index in [9.17, 15) is 14.7 Å². The largest absolute Gasteiger partial charge is 0.508 e. The molecular formula is C29H31NO7. The lowest BCUT2D eigenvalue weighted by Gasteiger charge is -2.10. The molecule has 3 rings (SSSR count). The van der Waals surface area contributed by atoms with Gasteiger partial charge in [-0.15, -0.1) is 0 Å². The molecule has 0 radical (unpaired) electrons. The van der Waals surface area contributed by atoms with E-state index in [1.165, 1.54) is 24.3 Å². The van der Waals surface area contributed by atoms with E-state index in [2.05, 4.69) is 4.99 Å². The normalized spacial score (nSPS) is 11.7. The maximum Gasteiger partial charge on any atom is 0.343 e. The number of phenolic OH excluding ortho intramolecular Hbond substituents is 1. The van der Waals surface area contributed by atoms with E-state index in [0.29, 0.717) is 42.6 Å². The highest BCUT2D eigenvalue weighted by Gasteiger charge is 2.11. The van der Waals surface area contributed by atoms with Crippen LogP contribution in [-0.2, 0) is 14.3 Å². The number of aromatic hydroxyl groups is 1. The van der Waals surface area contributed by atoms with Crippen LogP contribution in [0.3, 0.4) is 0 Å². The zero-order valence-corrected chi connectivity index (χ0v) is 21.0. The summed E-state index contributed by atoms with van der Waals surface area (Å²) in [5.41, 5.74) is 1.97. The van der Waals surface area contributed by atoms with Gasteiger partial charge in [0.2, 0.25) is 0 Å². The minimum absolute atomic E-state index is 0.0917. The highest BCUT2D eigenvalue weighted by atomic mass is 16.6. The van der Waals surface area contributed by atoms with Crippen LogP contribution in [0.15, 0.2) is 77.8 Å². The van der Waals surface area contributed by atoms with Crippen LogP contribution in [-0.4, -0.2) is 49.7 Å². The summed E-state index contributed by atoms with van der Waals surface area (Å²) < 4.78 is 21.5. The van der Waals surface area contributed by atoms with Gasteiger partial charge in [0.1, 0.15) is 30.5 Å². The molecule has 0 saturated carbocycles. The van der Waals surface area contributed by atoms with Crippen LogP contribution >= 0.6 is 0 Å². The Kier molecular flexibility index (Phi) is 10.7. The first kappa shape index (κ1) is 27.4. The number of ether oxygens (including phenoxy) is 4. The van der Waals surface area contributed by atoms with Crippen molar-refractivity contribution in [2.75, 3.05) is 26.4 Å². The van der Waals surface area contributed by atoms with Gasteiger partial charge >= 0.3 is 11.9 Å². The van der Waals surface area contributed by atoms with Crippen LogP contribution in [0.25, 0.3) is 0 Å². The van der Waals surface area contributed by atoms with Gasteiger partial charge in [-0.05, 0) is 84.8 Å². The molecule has 8 heteroatoms. The molecule has 1 unspecified atom stereocenters. The summed E-state index contributed by atoms with van der Waals surface area (Å²) in [4.78, 5) is 28.3. The summed E-state index contributed by atoms with van der Waals surface area (Å²) in [7, 11) is 0. The number of benzene rings is 3. The lowest BCUT2D eigenvalue weighted by Crippen LogP contribution is -2.18. The van der Waals surface area contributed by atoms with Crippen molar-refractivity contribution in [2.24, 2.45) is 10.9 Å². The molecule has 3 aromatic carbocycles. The van der Waals surface area contributed by atoms with E-state index in [1.54, 1.807) is 30.5 Å². The zero-order valence-electron chi connectivity index (χ0n) is 21.0. The second-order valence-electron chi connectivity index (χ2n) is 8.20. The Hall–Kier alpha value is -4.17. The van der Waals surface area contributed by atoms with Gasteiger partial charge in [0.05, 0.1) is 30.4 Å². The van der Waals surface area contributed by atoms with Gasteiger partial charge in [-0.25, -0.2) is 4.79 Å². The Morgan fingerprint density at radius 2 is 1.51 bits per heavy atom. The molecule has 194 valence electrons. The summed E-state index contributed by atoms with van der Waals surface area (Å²) in [6.45, 7) is 5.14. The molecule has 0 aliphatic rings. The highest BCUT2D eigenvalue weighted by molar-refractivity contribution is 5.91. The van der Waals surface area contributed by atoms with Gasteiger partial charge in [0, 0.05) is 6.21 Å². The van der Waals surface area contributed by atoms with Crippen molar-refractivity contribution < 1.29 is 33.6 Å². The second-order valence-corrected chi connectivity index (χ2v) is 8.20. The molecule has 37 heavy (non-hydrogen) atoms. The van der Waals surface area contributed by atoms with E-state index in [1.807, 2.05) is 38.1 Å². The van der Waals surface area contributed by atoms with Gasteiger partial charge in [-0.3, -0.25) is 9.79 Å². The van der Waals surface area contributed by atoms with Crippen LogP contribution < -0.4 is 9.47 Å². The predicted octanol–water partition coefficient (Wildman–Crippen LogP) is 5.35. The number of phenols is 1. The summed E-state index contributed by atoms with van der Waals surface area (Å²) in [5, 5.41) is 9.31. The lowest BCUT2D eigenvalue weighted by molar-refractivity contribution is -0.149. The van der Waals surface area contributed by atoms with Crippen LogP contribution in [0.5, 0.6) is 17.2 Å². The number of hydrogen-bond acceptors (Lipinski definition) is 8. The van der Waals surface area contributed by atoms with Crippen LogP contribution in [0.4, 0.5) is 5.69 Å². The molecule has 3 aromatic rings. The predicted molar refractivity (Wildman–Crippen MR) is 140 cm³/mol. The molecule has 0 bridgehead atoms. The number of nitrogens with zero attached hydrogens (tertiary/aromatic N) is 1. The van der Waals surface area contributed by atoms with Gasteiger partial charge < -0.3 is 24.1 Å². The molecule has 8 nitrogen and oxygen atoms in total. The van der Waals surface area contributed by atoms with Crippen LogP contribution in [0.1, 0.15) is 36.2 Å². The van der Waals surface area contributed by atoms with E-state index in [0.717, 1.165) is 12.0 Å². The van der Waals surface area contributed by atoms with Crippen LogP contribution in [0, 0.1) is 5.92 Å². The number of carbonyl (C=O) groups excluding carboxylic acids is 2. The first-order chi connectivity index (χ1) is 17.9. The fourth-order valence-electron chi connectivity index (χ4n) is 2.99. The first-order valence-electron chi connectivity index (χ1n) is 12.1. The SMILES string of the molecule is CCC(C)C(=O)OCCOCCOc1ccc(/C=N/c2ccc(C(=O)Oc3ccc(O)cc3)cc2)cc1. The molecule has 0 aliphatic carbocycles. The van der Waals surface area contributed by atoms with E-state index in [-0.39, 0.29) is 24.2 Å². The van der Waals surface area contributed by atoms with Gasteiger partial charge in [0.25, 0.3) is 0 Å². The van der Waals surface area contributed by atoms with Crippen molar-refractivity contribution in [3.05, 3.63) is 83.9 Å². The third kappa shape index (κ3) is 9.42. The Balaban J connectivity index is 1.37. The zero-order chi connectivity index (χ0) is 26.5. The number of carbonyl (C=O) groups is 2. The van der Waals surface area contributed by atoms with Crippen molar-refractivity contribution in [2.45, 2.75) is 20.3 Å². The van der Waals surface area contributed by atoms with E-state index in [4.69, 9.17) is 18.9 Å². The number of rotatable bonds is 13. The van der Waals surface area contributed by atoms with Crippen molar-refractivity contribution in [1.82, 2.24) is 0 Å².